The molecule has 1 aromatic heterocycles. The first-order valence-corrected chi connectivity index (χ1v) is 5.41. The SMILES string of the molecule is Cc1ccc(F)cc1Oc1cc(N)nc(C(F)(F)F)n1. The number of nitrogens with zero attached hydrogens (tertiary/aromatic N) is 2. The van der Waals surface area contributed by atoms with Crippen LogP contribution in [0.15, 0.2) is 24.3 Å². The average molecular weight is 287 g/mol. The van der Waals surface area contributed by atoms with E-state index in [9.17, 15) is 17.6 Å². The van der Waals surface area contributed by atoms with E-state index in [2.05, 4.69) is 9.97 Å². The van der Waals surface area contributed by atoms with Crippen LogP contribution in [0.1, 0.15) is 11.4 Å². The van der Waals surface area contributed by atoms with Gasteiger partial charge in [-0.3, -0.25) is 0 Å². The highest BCUT2D eigenvalue weighted by atomic mass is 19.4. The number of hydrogen-bond acceptors (Lipinski definition) is 4. The van der Waals surface area contributed by atoms with E-state index in [1.807, 2.05) is 0 Å². The minimum Gasteiger partial charge on any atom is -0.438 e. The maximum Gasteiger partial charge on any atom is 0.451 e. The molecule has 2 N–H and O–H groups in total. The lowest BCUT2D eigenvalue weighted by molar-refractivity contribution is -0.145. The molecular weight excluding hydrogens is 278 g/mol. The second kappa shape index (κ2) is 4.95. The van der Waals surface area contributed by atoms with Crippen LogP contribution in [0, 0.1) is 12.7 Å². The lowest BCUT2D eigenvalue weighted by atomic mass is 10.2. The summed E-state index contributed by atoms with van der Waals surface area (Å²) in [5, 5.41) is 0. The molecule has 2 rings (SSSR count). The Bertz CT molecular complexity index is 643. The van der Waals surface area contributed by atoms with Crippen molar-refractivity contribution >= 4 is 5.82 Å². The van der Waals surface area contributed by atoms with E-state index in [0.29, 0.717) is 5.56 Å². The van der Waals surface area contributed by atoms with Gasteiger partial charge in [0, 0.05) is 12.1 Å². The first-order chi connectivity index (χ1) is 9.25. The highest BCUT2D eigenvalue weighted by molar-refractivity contribution is 5.39. The van der Waals surface area contributed by atoms with Crippen molar-refractivity contribution in [3.05, 3.63) is 41.5 Å². The quantitative estimate of drug-likeness (QED) is 0.861. The van der Waals surface area contributed by atoms with Gasteiger partial charge in [0.2, 0.25) is 11.7 Å². The summed E-state index contributed by atoms with van der Waals surface area (Å²) in [7, 11) is 0. The van der Waals surface area contributed by atoms with Crippen molar-refractivity contribution in [3.8, 4) is 11.6 Å². The highest BCUT2D eigenvalue weighted by Crippen LogP contribution is 2.30. The predicted octanol–water partition coefficient (Wildman–Crippen LogP) is 3.32. The van der Waals surface area contributed by atoms with Crippen LogP contribution in [-0.4, -0.2) is 9.97 Å². The smallest absolute Gasteiger partial charge is 0.438 e. The first-order valence-electron chi connectivity index (χ1n) is 5.41. The van der Waals surface area contributed by atoms with Crippen molar-refractivity contribution in [1.82, 2.24) is 9.97 Å². The van der Waals surface area contributed by atoms with Crippen LogP contribution < -0.4 is 10.5 Å². The minimum atomic E-state index is -4.75. The van der Waals surface area contributed by atoms with Gasteiger partial charge in [0.1, 0.15) is 17.4 Å². The molecule has 0 aliphatic rings. The number of hydrogen-bond donors (Lipinski definition) is 1. The van der Waals surface area contributed by atoms with Crippen molar-refractivity contribution in [2.24, 2.45) is 0 Å². The molecule has 20 heavy (non-hydrogen) atoms. The second-order valence-corrected chi connectivity index (χ2v) is 3.96. The molecular formula is C12H9F4N3O. The summed E-state index contributed by atoms with van der Waals surface area (Å²) in [6, 6.07) is 4.71. The average Bonchev–Trinajstić information content (AvgIpc) is 2.32. The van der Waals surface area contributed by atoms with E-state index in [1.54, 1.807) is 6.92 Å². The lowest BCUT2D eigenvalue weighted by Crippen LogP contribution is -2.13. The summed E-state index contributed by atoms with van der Waals surface area (Å²) in [5.74, 6) is -2.74. The van der Waals surface area contributed by atoms with Gasteiger partial charge in [-0.05, 0) is 18.6 Å². The Morgan fingerprint density at radius 1 is 1.15 bits per heavy atom. The van der Waals surface area contributed by atoms with Gasteiger partial charge in [0.05, 0.1) is 0 Å². The van der Waals surface area contributed by atoms with Crippen LogP contribution in [0.2, 0.25) is 0 Å². The summed E-state index contributed by atoms with van der Waals surface area (Å²) in [5.41, 5.74) is 5.81. The molecule has 0 aliphatic heterocycles. The first kappa shape index (κ1) is 14.0. The van der Waals surface area contributed by atoms with Crippen LogP contribution in [-0.2, 0) is 6.18 Å². The predicted molar refractivity (Wildman–Crippen MR) is 62.7 cm³/mol. The number of aryl methyl sites for hydroxylation is 1. The molecule has 1 aromatic carbocycles. The Kier molecular flexibility index (Phi) is 3.47. The number of anilines is 1. The van der Waals surface area contributed by atoms with Crippen molar-refractivity contribution in [1.29, 1.82) is 0 Å². The van der Waals surface area contributed by atoms with Gasteiger partial charge in [-0.1, -0.05) is 6.07 Å². The zero-order chi connectivity index (χ0) is 14.9. The lowest BCUT2D eigenvalue weighted by Gasteiger charge is -2.10. The zero-order valence-corrected chi connectivity index (χ0v) is 10.2. The normalized spacial score (nSPS) is 11.4. The molecule has 0 spiro atoms. The Balaban J connectivity index is 2.39. The molecule has 0 amide bonds. The van der Waals surface area contributed by atoms with E-state index in [4.69, 9.17) is 10.5 Å². The summed E-state index contributed by atoms with van der Waals surface area (Å²) in [6.07, 6.45) is -4.75. The third-order valence-corrected chi connectivity index (χ3v) is 2.34. The van der Waals surface area contributed by atoms with Crippen molar-refractivity contribution < 1.29 is 22.3 Å². The molecule has 106 valence electrons. The Morgan fingerprint density at radius 2 is 1.85 bits per heavy atom. The van der Waals surface area contributed by atoms with Gasteiger partial charge in [0.15, 0.2) is 0 Å². The molecule has 0 unspecified atom stereocenters. The molecule has 0 atom stereocenters. The summed E-state index contributed by atoms with van der Waals surface area (Å²) in [4.78, 5) is 6.28. The van der Waals surface area contributed by atoms with Gasteiger partial charge in [-0.2, -0.15) is 18.2 Å². The van der Waals surface area contributed by atoms with Gasteiger partial charge in [0.25, 0.3) is 0 Å². The molecule has 0 radical (unpaired) electrons. The molecule has 0 fully saturated rings. The van der Waals surface area contributed by atoms with E-state index in [0.717, 1.165) is 12.1 Å². The second-order valence-electron chi connectivity index (χ2n) is 3.96. The van der Waals surface area contributed by atoms with Crippen LogP contribution in [0.3, 0.4) is 0 Å². The highest BCUT2D eigenvalue weighted by Gasteiger charge is 2.35. The molecule has 2 aromatic rings. The third kappa shape index (κ3) is 3.14. The van der Waals surface area contributed by atoms with Gasteiger partial charge >= 0.3 is 6.18 Å². The van der Waals surface area contributed by atoms with Crippen LogP contribution in [0.5, 0.6) is 11.6 Å². The minimum absolute atomic E-state index is 0.0521. The molecule has 0 saturated heterocycles. The van der Waals surface area contributed by atoms with Crippen molar-refractivity contribution in [2.75, 3.05) is 5.73 Å². The number of alkyl halides is 3. The maximum atomic E-state index is 13.1. The van der Waals surface area contributed by atoms with E-state index >= 15 is 0 Å². The summed E-state index contributed by atoms with van der Waals surface area (Å²) >= 11 is 0. The molecule has 1 heterocycles. The standard InChI is InChI=1S/C12H9F4N3O/c1-6-2-3-7(13)4-8(6)20-10-5-9(17)18-11(19-10)12(14,15)16/h2-5H,1H3,(H2,17,18,19). The number of rotatable bonds is 2. The molecule has 0 aliphatic carbocycles. The monoisotopic (exact) mass is 287 g/mol. The zero-order valence-electron chi connectivity index (χ0n) is 10.2. The maximum absolute atomic E-state index is 13.1. The van der Waals surface area contributed by atoms with Crippen molar-refractivity contribution in [2.45, 2.75) is 13.1 Å². The largest absolute Gasteiger partial charge is 0.451 e. The fraction of sp³-hybridized carbons (Fsp3) is 0.167. The topological polar surface area (TPSA) is 61.0 Å². The van der Waals surface area contributed by atoms with Gasteiger partial charge in [-0.15, -0.1) is 0 Å². The van der Waals surface area contributed by atoms with Crippen molar-refractivity contribution in [3.63, 3.8) is 0 Å². The van der Waals surface area contributed by atoms with Gasteiger partial charge in [-0.25, -0.2) is 9.37 Å². The van der Waals surface area contributed by atoms with E-state index in [1.165, 1.54) is 12.1 Å². The Morgan fingerprint density at radius 3 is 2.50 bits per heavy atom. The Labute approximate surface area is 111 Å². The van der Waals surface area contributed by atoms with Crippen LogP contribution in [0.4, 0.5) is 23.4 Å². The van der Waals surface area contributed by atoms with Crippen LogP contribution >= 0.6 is 0 Å². The number of benzene rings is 1. The van der Waals surface area contributed by atoms with E-state index < -0.39 is 29.5 Å². The number of nitrogens with two attached hydrogens (primary N) is 1. The fourth-order valence-electron chi connectivity index (χ4n) is 1.42. The van der Waals surface area contributed by atoms with E-state index in [-0.39, 0.29) is 5.75 Å². The van der Waals surface area contributed by atoms with Gasteiger partial charge < -0.3 is 10.5 Å². The fourth-order valence-corrected chi connectivity index (χ4v) is 1.42. The number of nitrogen functional groups attached to an aromatic ring is 1. The molecule has 0 bridgehead atoms. The molecule has 8 heteroatoms. The van der Waals surface area contributed by atoms with Crippen LogP contribution in [0.25, 0.3) is 0 Å². The summed E-state index contributed by atoms with van der Waals surface area (Å²) < 4.78 is 55.8. The number of aromatic nitrogens is 2. The summed E-state index contributed by atoms with van der Waals surface area (Å²) in [6.45, 7) is 1.62. The number of ether oxygens (including phenoxy) is 1. The Hall–Kier alpha value is -2.38. The third-order valence-electron chi connectivity index (χ3n) is 2.34. The molecule has 4 nitrogen and oxygen atoms in total. The number of halogens is 4. The molecule has 0 saturated carbocycles.